The number of hydrogen-bond acceptors (Lipinski definition) is 3. The third-order valence-electron chi connectivity index (χ3n) is 1.63. The van der Waals surface area contributed by atoms with Gasteiger partial charge in [-0.3, -0.25) is 14.9 Å². The first-order valence-corrected chi connectivity index (χ1v) is 4.66. The number of rotatable bonds is 2. The SMILES string of the molecule is CC(=O)c1ccc(F)c([N+](=O)[O-])c1I. The maximum atomic E-state index is 13.0. The smallest absolute Gasteiger partial charge is 0.294 e. The molecule has 0 aromatic heterocycles. The van der Waals surface area contributed by atoms with Crippen molar-refractivity contribution < 1.29 is 14.1 Å². The second-order valence-corrected chi connectivity index (χ2v) is 3.65. The molecular weight excluding hydrogens is 304 g/mol. The number of carbonyl (C=O) groups is 1. The molecule has 0 spiro atoms. The molecule has 74 valence electrons. The molecule has 1 aromatic carbocycles. The van der Waals surface area contributed by atoms with Crippen LogP contribution in [0.2, 0.25) is 0 Å². The van der Waals surface area contributed by atoms with Crippen LogP contribution in [0.5, 0.6) is 0 Å². The zero-order chi connectivity index (χ0) is 10.9. The van der Waals surface area contributed by atoms with Crippen molar-refractivity contribution in [2.75, 3.05) is 0 Å². The molecule has 6 heteroatoms. The van der Waals surface area contributed by atoms with Crippen LogP contribution in [0.1, 0.15) is 17.3 Å². The third kappa shape index (κ3) is 1.89. The Balaban J connectivity index is 3.49. The van der Waals surface area contributed by atoms with E-state index in [9.17, 15) is 19.3 Å². The Hall–Kier alpha value is -1.05. The predicted molar refractivity (Wildman–Crippen MR) is 55.8 cm³/mol. The van der Waals surface area contributed by atoms with Gasteiger partial charge in [-0.15, -0.1) is 0 Å². The molecule has 0 radical (unpaired) electrons. The molecule has 0 unspecified atom stereocenters. The van der Waals surface area contributed by atoms with E-state index in [4.69, 9.17) is 0 Å². The highest BCUT2D eigenvalue weighted by Gasteiger charge is 2.22. The number of benzene rings is 1. The fourth-order valence-electron chi connectivity index (χ4n) is 0.980. The van der Waals surface area contributed by atoms with Crippen molar-refractivity contribution in [2.45, 2.75) is 6.92 Å². The number of nitrogens with zero attached hydrogens (tertiary/aromatic N) is 1. The first kappa shape index (κ1) is 11.0. The summed E-state index contributed by atoms with van der Waals surface area (Å²) in [6.45, 7) is 1.28. The van der Waals surface area contributed by atoms with Crippen LogP contribution >= 0.6 is 22.6 Å². The lowest BCUT2D eigenvalue weighted by Crippen LogP contribution is -2.02. The monoisotopic (exact) mass is 309 g/mol. The topological polar surface area (TPSA) is 60.2 Å². The summed E-state index contributed by atoms with van der Waals surface area (Å²) in [7, 11) is 0. The summed E-state index contributed by atoms with van der Waals surface area (Å²) in [5.41, 5.74) is -0.475. The molecular formula is C8H5FINO3. The quantitative estimate of drug-likeness (QED) is 0.365. The molecule has 0 fully saturated rings. The lowest BCUT2D eigenvalue weighted by atomic mass is 10.1. The van der Waals surface area contributed by atoms with Gasteiger partial charge in [0.25, 0.3) is 0 Å². The van der Waals surface area contributed by atoms with Gasteiger partial charge in [-0.05, 0) is 41.6 Å². The Morgan fingerprint density at radius 2 is 2.14 bits per heavy atom. The molecule has 1 rings (SSSR count). The van der Waals surface area contributed by atoms with Crippen molar-refractivity contribution in [3.05, 3.63) is 37.2 Å². The average Bonchev–Trinajstić information content (AvgIpc) is 2.02. The summed E-state index contributed by atoms with van der Waals surface area (Å²) in [6.07, 6.45) is 0. The van der Waals surface area contributed by atoms with E-state index in [-0.39, 0.29) is 14.9 Å². The van der Waals surface area contributed by atoms with Gasteiger partial charge in [0.2, 0.25) is 5.82 Å². The zero-order valence-corrected chi connectivity index (χ0v) is 9.24. The molecule has 0 aliphatic rings. The molecule has 0 N–H and O–H groups in total. The van der Waals surface area contributed by atoms with Crippen LogP contribution in [0.15, 0.2) is 12.1 Å². The van der Waals surface area contributed by atoms with E-state index < -0.39 is 16.4 Å². The predicted octanol–water partition coefficient (Wildman–Crippen LogP) is 2.54. The number of hydrogen-bond donors (Lipinski definition) is 0. The van der Waals surface area contributed by atoms with Crippen LogP contribution in [0.25, 0.3) is 0 Å². The highest BCUT2D eigenvalue weighted by atomic mass is 127. The van der Waals surface area contributed by atoms with Crippen LogP contribution in [0.4, 0.5) is 10.1 Å². The second kappa shape index (κ2) is 3.99. The Bertz CT molecular complexity index is 419. The first-order chi connectivity index (χ1) is 6.45. The van der Waals surface area contributed by atoms with Gasteiger partial charge in [0.05, 0.1) is 4.92 Å². The largest absolute Gasteiger partial charge is 0.318 e. The molecule has 0 amide bonds. The van der Waals surface area contributed by atoms with E-state index in [0.717, 1.165) is 6.07 Å². The highest BCUT2D eigenvalue weighted by Crippen LogP contribution is 2.27. The normalized spacial score (nSPS) is 9.93. The Labute approximate surface area is 92.4 Å². The van der Waals surface area contributed by atoms with Gasteiger partial charge >= 0.3 is 5.69 Å². The van der Waals surface area contributed by atoms with Gasteiger partial charge in [-0.1, -0.05) is 0 Å². The van der Waals surface area contributed by atoms with E-state index >= 15 is 0 Å². The molecule has 0 saturated heterocycles. The molecule has 0 heterocycles. The molecule has 0 bridgehead atoms. The standard InChI is InChI=1S/C8H5FINO3/c1-4(12)5-2-3-6(9)8(7(5)10)11(13)14/h2-3H,1H3. The molecule has 1 aromatic rings. The number of nitro groups is 1. The Kier molecular flexibility index (Phi) is 3.14. The third-order valence-corrected chi connectivity index (χ3v) is 2.72. The van der Waals surface area contributed by atoms with Gasteiger partial charge in [0, 0.05) is 5.56 Å². The maximum absolute atomic E-state index is 13.0. The average molecular weight is 309 g/mol. The number of Topliss-reactive ketones (excluding diaryl/α,β-unsaturated/α-hetero) is 1. The number of ketones is 1. The maximum Gasteiger partial charge on any atom is 0.318 e. The minimum Gasteiger partial charge on any atom is -0.294 e. The summed E-state index contributed by atoms with van der Waals surface area (Å²) in [5.74, 6) is -1.25. The minimum atomic E-state index is -0.926. The van der Waals surface area contributed by atoms with Crippen molar-refractivity contribution in [3.63, 3.8) is 0 Å². The van der Waals surface area contributed by atoms with Crippen LogP contribution in [0.3, 0.4) is 0 Å². The van der Waals surface area contributed by atoms with Gasteiger partial charge in [0.15, 0.2) is 5.78 Å². The molecule has 0 aliphatic carbocycles. The summed E-state index contributed by atoms with van der Waals surface area (Å²) in [6, 6.07) is 2.17. The summed E-state index contributed by atoms with van der Waals surface area (Å²) in [4.78, 5) is 20.6. The Morgan fingerprint density at radius 1 is 1.57 bits per heavy atom. The van der Waals surface area contributed by atoms with Crippen molar-refractivity contribution >= 4 is 34.1 Å². The molecule has 14 heavy (non-hydrogen) atoms. The van der Waals surface area contributed by atoms with Crippen molar-refractivity contribution in [3.8, 4) is 0 Å². The van der Waals surface area contributed by atoms with Gasteiger partial charge in [-0.25, -0.2) is 0 Å². The van der Waals surface area contributed by atoms with Crippen molar-refractivity contribution in [1.29, 1.82) is 0 Å². The van der Waals surface area contributed by atoms with Crippen LogP contribution < -0.4 is 0 Å². The number of nitro benzene ring substituents is 1. The van der Waals surface area contributed by atoms with Gasteiger partial charge in [0.1, 0.15) is 3.57 Å². The van der Waals surface area contributed by atoms with Crippen LogP contribution in [-0.4, -0.2) is 10.7 Å². The molecule has 0 saturated carbocycles. The Morgan fingerprint density at radius 3 is 2.57 bits per heavy atom. The summed E-state index contributed by atoms with van der Waals surface area (Å²) < 4.78 is 13.0. The molecule has 0 aliphatic heterocycles. The van der Waals surface area contributed by atoms with Crippen molar-refractivity contribution in [1.82, 2.24) is 0 Å². The van der Waals surface area contributed by atoms with Crippen molar-refractivity contribution in [2.24, 2.45) is 0 Å². The fourth-order valence-corrected chi connectivity index (χ4v) is 1.99. The van der Waals surface area contributed by atoms with Gasteiger partial charge in [-0.2, -0.15) is 4.39 Å². The zero-order valence-electron chi connectivity index (χ0n) is 7.08. The van der Waals surface area contributed by atoms with Crippen LogP contribution in [0, 0.1) is 19.5 Å². The highest BCUT2D eigenvalue weighted by molar-refractivity contribution is 14.1. The van der Waals surface area contributed by atoms with E-state index in [1.54, 1.807) is 22.6 Å². The summed E-state index contributed by atoms with van der Waals surface area (Å²) >= 11 is 1.59. The molecule has 0 atom stereocenters. The minimum absolute atomic E-state index is 0.0418. The second-order valence-electron chi connectivity index (χ2n) is 2.57. The lowest BCUT2D eigenvalue weighted by Gasteiger charge is -2.01. The first-order valence-electron chi connectivity index (χ1n) is 3.58. The van der Waals surface area contributed by atoms with E-state index in [0.29, 0.717) is 0 Å². The summed E-state index contributed by atoms with van der Waals surface area (Å²) in [5, 5.41) is 10.5. The fraction of sp³-hybridized carbons (Fsp3) is 0.125. The lowest BCUT2D eigenvalue weighted by molar-refractivity contribution is -0.388. The number of carbonyl (C=O) groups excluding carboxylic acids is 1. The van der Waals surface area contributed by atoms with Crippen LogP contribution in [-0.2, 0) is 0 Å². The van der Waals surface area contributed by atoms with Gasteiger partial charge < -0.3 is 0 Å². The van der Waals surface area contributed by atoms with E-state index in [2.05, 4.69) is 0 Å². The molecule has 4 nitrogen and oxygen atoms in total. The van der Waals surface area contributed by atoms with E-state index in [1.807, 2.05) is 0 Å². The van der Waals surface area contributed by atoms with E-state index in [1.165, 1.54) is 13.0 Å². The number of halogens is 2.